The van der Waals surface area contributed by atoms with Crippen molar-refractivity contribution in [3.05, 3.63) is 28.8 Å². The minimum absolute atomic E-state index is 0.0100. The van der Waals surface area contributed by atoms with Gasteiger partial charge in [-0.25, -0.2) is 13.2 Å². The lowest BCUT2D eigenvalue weighted by atomic mass is 10.2. The van der Waals surface area contributed by atoms with Gasteiger partial charge in [0.15, 0.2) is 6.61 Å². The van der Waals surface area contributed by atoms with Crippen molar-refractivity contribution < 1.29 is 27.5 Å². The van der Waals surface area contributed by atoms with Crippen molar-refractivity contribution in [3.8, 4) is 12.3 Å². The fraction of sp³-hybridized carbons (Fsp3) is 0.444. The summed E-state index contributed by atoms with van der Waals surface area (Å²) in [5.74, 6) is 0.799. The van der Waals surface area contributed by atoms with Gasteiger partial charge in [0.2, 0.25) is 10.0 Å². The van der Waals surface area contributed by atoms with E-state index in [0.717, 1.165) is 6.07 Å². The molecule has 10 heteroatoms. The minimum Gasteiger partial charge on any atom is -0.452 e. The Hall–Kier alpha value is -2.12. The predicted molar refractivity (Wildman–Crippen MR) is 102 cm³/mol. The number of terminal acetylenes is 1. The minimum atomic E-state index is -3.95. The van der Waals surface area contributed by atoms with E-state index >= 15 is 0 Å². The van der Waals surface area contributed by atoms with Gasteiger partial charge in [-0.1, -0.05) is 17.5 Å². The molecule has 1 saturated heterocycles. The predicted octanol–water partition coefficient (Wildman–Crippen LogP) is 1.04. The maximum Gasteiger partial charge on any atom is 0.338 e. The average molecular weight is 429 g/mol. The number of esters is 1. The Morgan fingerprint density at radius 3 is 2.61 bits per heavy atom. The van der Waals surface area contributed by atoms with Crippen molar-refractivity contribution in [2.45, 2.75) is 31.0 Å². The van der Waals surface area contributed by atoms with Gasteiger partial charge in [0.25, 0.3) is 5.91 Å². The highest BCUT2D eigenvalue weighted by Crippen LogP contribution is 2.28. The molecule has 1 aliphatic rings. The van der Waals surface area contributed by atoms with Crippen LogP contribution < -0.4 is 5.32 Å². The molecular weight excluding hydrogens is 408 g/mol. The smallest absolute Gasteiger partial charge is 0.338 e. The molecule has 0 unspecified atom stereocenters. The Morgan fingerprint density at radius 2 is 2.00 bits per heavy atom. The summed E-state index contributed by atoms with van der Waals surface area (Å²) in [7, 11) is -3.95. The standard InChI is InChI=1S/C18H21ClN2O6S/c1-4-7-20-17(22)11-26-18(23)14-5-6-15(19)16(8-14)28(24,25)21-9-12(2)27-13(3)10-21/h1,5-6,8,12-13H,7,9-11H2,2-3H3,(H,20,22)/t12-,13+. The van der Waals surface area contributed by atoms with E-state index in [4.69, 9.17) is 27.5 Å². The van der Waals surface area contributed by atoms with Crippen LogP contribution in [0.3, 0.4) is 0 Å². The Morgan fingerprint density at radius 1 is 1.36 bits per heavy atom. The zero-order chi connectivity index (χ0) is 20.9. The first-order valence-electron chi connectivity index (χ1n) is 8.47. The molecule has 0 bridgehead atoms. The largest absolute Gasteiger partial charge is 0.452 e. The molecule has 1 heterocycles. The first-order valence-corrected chi connectivity index (χ1v) is 10.3. The summed E-state index contributed by atoms with van der Waals surface area (Å²) in [6, 6.07) is 3.77. The molecule has 2 rings (SSSR count). The van der Waals surface area contributed by atoms with Crippen LogP contribution in [0.15, 0.2) is 23.1 Å². The number of hydrogen-bond donors (Lipinski definition) is 1. The first kappa shape index (κ1) is 22.2. The second kappa shape index (κ2) is 9.39. The summed E-state index contributed by atoms with van der Waals surface area (Å²) in [4.78, 5) is 23.4. The SMILES string of the molecule is C#CCNC(=O)COC(=O)c1ccc(Cl)c(S(=O)(=O)N2C[C@@H](C)O[C@@H](C)C2)c1. The Kier molecular flexibility index (Phi) is 7.43. The van der Waals surface area contributed by atoms with Gasteiger partial charge < -0.3 is 14.8 Å². The molecule has 1 N–H and O–H groups in total. The van der Waals surface area contributed by atoms with Crippen LogP contribution >= 0.6 is 11.6 Å². The summed E-state index contributed by atoms with van der Waals surface area (Å²) >= 11 is 6.09. The molecule has 152 valence electrons. The molecule has 0 saturated carbocycles. The number of halogens is 1. The summed E-state index contributed by atoms with van der Waals surface area (Å²) < 4.78 is 37.7. The summed E-state index contributed by atoms with van der Waals surface area (Å²) in [5.41, 5.74) is -0.0397. The highest BCUT2D eigenvalue weighted by atomic mass is 35.5. The second-order valence-electron chi connectivity index (χ2n) is 6.28. The number of hydrogen-bond acceptors (Lipinski definition) is 6. The Bertz CT molecular complexity index is 886. The third-order valence-electron chi connectivity index (χ3n) is 3.89. The maximum atomic E-state index is 13.0. The number of sulfonamides is 1. The van der Waals surface area contributed by atoms with E-state index in [1.807, 2.05) is 0 Å². The second-order valence-corrected chi connectivity index (χ2v) is 8.60. The summed E-state index contributed by atoms with van der Waals surface area (Å²) in [5, 5.41) is 2.33. The van der Waals surface area contributed by atoms with Crippen molar-refractivity contribution in [1.82, 2.24) is 9.62 Å². The normalized spacial score (nSPS) is 20.2. The zero-order valence-electron chi connectivity index (χ0n) is 15.5. The van der Waals surface area contributed by atoms with E-state index in [1.165, 1.54) is 16.4 Å². The van der Waals surface area contributed by atoms with Crippen molar-refractivity contribution >= 4 is 33.5 Å². The van der Waals surface area contributed by atoms with E-state index in [0.29, 0.717) is 0 Å². The van der Waals surface area contributed by atoms with Crippen LogP contribution in [-0.2, 0) is 24.3 Å². The fourth-order valence-corrected chi connectivity index (χ4v) is 4.80. The van der Waals surface area contributed by atoms with E-state index in [-0.39, 0.29) is 47.3 Å². The first-order chi connectivity index (χ1) is 13.1. The molecule has 8 nitrogen and oxygen atoms in total. The lowest BCUT2D eigenvalue weighted by Crippen LogP contribution is -2.48. The monoisotopic (exact) mass is 428 g/mol. The van der Waals surface area contributed by atoms with Crippen molar-refractivity contribution in [1.29, 1.82) is 0 Å². The van der Waals surface area contributed by atoms with Gasteiger partial charge in [-0.2, -0.15) is 4.31 Å². The topological polar surface area (TPSA) is 102 Å². The summed E-state index contributed by atoms with van der Waals surface area (Å²) in [6.45, 7) is 3.37. The lowest BCUT2D eigenvalue weighted by Gasteiger charge is -2.34. The fourth-order valence-electron chi connectivity index (χ4n) is 2.71. The van der Waals surface area contributed by atoms with E-state index < -0.39 is 28.5 Å². The van der Waals surface area contributed by atoms with Crippen LogP contribution in [0.1, 0.15) is 24.2 Å². The summed E-state index contributed by atoms with van der Waals surface area (Å²) in [6.07, 6.45) is 4.48. The van der Waals surface area contributed by atoms with Crippen LogP contribution in [0.25, 0.3) is 0 Å². The molecule has 0 aromatic heterocycles. The van der Waals surface area contributed by atoms with Crippen LogP contribution in [0.4, 0.5) is 0 Å². The van der Waals surface area contributed by atoms with Gasteiger partial charge in [-0.3, -0.25) is 4.79 Å². The molecular formula is C18H21ClN2O6S. The number of benzene rings is 1. The van der Waals surface area contributed by atoms with Gasteiger partial charge in [0.1, 0.15) is 4.90 Å². The quantitative estimate of drug-likeness (QED) is 0.536. The third kappa shape index (κ3) is 5.45. The lowest BCUT2D eigenvalue weighted by molar-refractivity contribution is -0.123. The van der Waals surface area contributed by atoms with E-state index in [9.17, 15) is 18.0 Å². The highest BCUT2D eigenvalue weighted by molar-refractivity contribution is 7.89. The van der Waals surface area contributed by atoms with Crippen molar-refractivity contribution in [2.24, 2.45) is 0 Å². The Labute approximate surface area is 169 Å². The number of carbonyl (C=O) groups excluding carboxylic acids is 2. The molecule has 28 heavy (non-hydrogen) atoms. The van der Waals surface area contributed by atoms with Gasteiger partial charge >= 0.3 is 5.97 Å². The van der Waals surface area contributed by atoms with E-state index in [2.05, 4.69) is 11.2 Å². The average Bonchev–Trinajstić information content (AvgIpc) is 2.63. The zero-order valence-corrected chi connectivity index (χ0v) is 17.0. The number of carbonyl (C=O) groups is 2. The number of nitrogens with one attached hydrogen (secondary N) is 1. The molecule has 2 atom stereocenters. The van der Waals surface area contributed by atoms with Gasteiger partial charge in [-0.05, 0) is 32.0 Å². The maximum absolute atomic E-state index is 13.0. The van der Waals surface area contributed by atoms with Crippen molar-refractivity contribution in [3.63, 3.8) is 0 Å². The third-order valence-corrected chi connectivity index (χ3v) is 6.21. The molecule has 1 aromatic rings. The molecule has 1 amide bonds. The molecule has 0 aliphatic carbocycles. The number of rotatable bonds is 6. The van der Waals surface area contributed by atoms with Gasteiger partial charge in [0, 0.05) is 13.1 Å². The van der Waals surface area contributed by atoms with Crippen LogP contribution in [0.2, 0.25) is 5.02 Å². The number of morpholine rings is 1. The highest BCUT2D eigenvalue weighted by Gasteiger charge is 2.34. The van der Waals surface area contributed by atoms with Gasteiger partial charge in [-0.15, -0.1) is 6.42 Å². The molecule has 1 aliphatic heterocycles. The van der Waals surface area contributed by atoms with Crippen LogP contribution in [0.5, 0.6) is 0 Å². The number of amides is 1. The Balaban J connectivity index is 2.19. The molecule has 1 aromatic carbocycles. The van der Waals surface area contributed by atoms with Gasteiger partial charge in [0.05, 0.1) is 29.3 Å². The number of nitrogens with zero attached hydrogens (tertiary/aromatic N) is 1. The molecule has 0 radical (unpaired) electrons. The molecule has 0 spiro atoms. The molecule has 1 fully saturated rings. The number of ether oxygens (including phenoxy) is 2. The van der Waals surface area contributed by atoms with Crippen LogP contribution in [-0.4, -0.2) is 63.0 Å². The van der Waals surface area contributed by atoms with E-state index in [1.54, 1.807) is 13.8 Å². The van der Waals surface area contributed by atoms with Crippen molar-refractivity contribution in [2.75, 3.05) is 26.2 Å². The van der Waals surface area contributed by atoms with Crippen LogP contribution in [0, 0.1) is 12.3 Å².